The van der Waals surface area contributed by atoms with Crippen molar-refractivity contribution in [2.45, 2.75) is 19.2 Å². The third-order valence-corrected chi connectivity index (χ3v) is 9.33. The highest BCUT2D eigenvalue weighted by molar-refractivity contribution is 7.85. The van der Waals surface area contributed by atoms with Crippen molar-refractivity contribution in [1.29, 1.82) is 0 Å². The van der Waals surface area contributed by atoms with Crippen molar-refractivity contribution in [3.63, 3.8) is 0 Å². The van der Waals surface area contributed by atoms with Gasteiger partial charge in [-0.15, -0.1) is 0 Å². The predicted molar refractivity (Wildman–Crippen MR) is 169 cm³/mol. The van der Waals surface area contributed by atoms with Gasteiger partial charge in [-0.3, -0.25) is 14.0 Å². The first-order chi connectivity index (χ1) is 20.5. The van der Waals surface area contributed by atoms with Gasteiger partial charge in [-0.2, -0.15) is 21.4 Å². The number of aromatic nitrogens is 1. The number of thiazole rings is 1. The van der Waals surface area contributed by atoms with E-state index in [9.17, 15) is 25.9 Å². The molecule has 6 rings (SSSR count). The SMILES string of the molecule is CCC(/C=C1\Oc2ccc(-c3ccccc3)cc2N1CS(=O)(=O)O)=C\c1sc2ccc3ccccc3c2[n+]1CS(=O)(=O)O. The number of hydrogen-bond acceptors (Lipinski definition) is 7. The van der Waals surface area contributed by atoms with E-state index in [4.69, 9.17) is 4.74 Å². The minimum Gasteiger partial charge on any atom is -0.439 e. The number of hydrogen-bond donors (Lipinski definition) is 2. The van der Waals surface area contributed by atoms with E-state index in [1.165, 1.54) is 16.2 Å². The fourth-order valence-electron chi connectivity index (χ4n) is 5.15. The molecule has 0 atom stereocenters. The Morgan fingerprint density at radius 1 is 0.907 bits per heavy atom. The maximum Gasteiger partial charge on any atom is 0.326 e. The molecular formula is C31H27N2O7S3+. The van der Waals surface area contributed by atoms with Gasteiger partial charge in [0.2, 0.25) is 11.4 Å². The van der Waals surface area contributed by atoms with Crippen molar-refractivity contribution >= 4 is 64.3 Å². The minimum absolute atomic E-state index is 0.193. The fourth-order valence-corrected chi connectivity index (χ4v) is 7.57. The first-order valence-electron chi connectivity index (χ1n) is 13.3. The summed E-state index contributed by atoms with van der Waals surface area (Å²) >= 11 is 1.37. The molecule has 0 amide bonds. The number of anilines is 1. The molecule has 4 aromatic carbocycles. The molecule has 220 valence electrons. The first-order valence-corrected chi connectivity index (χ1v) is 17.3. The van der Waals surface area contributed by atoms with E-state index in [-0.39, 0.29) is 5.88 Å². The second-order valence-corrected chi connectivity index (χ2v) is 14.0. The molecule has 0 aliphatic carbocycles. The van der Waals surface area contributed by atoms with E-state index in [1.54, 1.807) is 22.8 Å². The lowest BCUT2D eigenvalue weighted by atomic mass is 10.0. The highest BCUT2D eigenvalue weighted by Crippen LogP contribution is 2.42. The van der Waals surface area contributed by atoms with Gasteiger partial charge in [0, 0.05) is 12.2 Å². The molecule has 1 aromatic heterocycles. The standard InChI is InChI=1S/C31H26N2O7S3/c1-2-21(17-30-33(20-43(37,38)39)31-25-11-7-6-10-23(25)13-15-28(31)41-30)16-29-32(19-42(34,35)36)26-18-24(12-14-27(26)40-29)22-8-4-3-5-9-22/h3-18H,2,19-20H2,1H3,(H-,34,35,36,37,38,39)/p+1. The lowest BCUT2D eigenvalue weighted by Crippen LogP contribution is -2.39. The van der Waals surface area contributed by atoms with Crippen molar-refractivity contribution in [2.24, 2.45) is 0 Å². The van der Waals surface area contributed by atoms with Crippen LogP contribution in [0.25, 0.3) is 38.2 Å². The van der Waals surface area contributed by atoms with Crippen LogP contribution in [0.3, 0.4) is 0 Å². The molecule has 1 aliphatic rings. The van der Waals surface area contributed by atoms with E-state index in [0.717, 1.165) is 26.6 Å². The summed E-state index contributed by atoms with van der Waals surface area (Å²) in [6.07, 6.45) is 3.96. The summed E-state index contributed by atoms with van der Waals surface area (Å²) in [5, 5.41) is 2.35. The number of rotatable bonds is 8. The van der Waals surface area contributed by atoms with Crippen LogP contribution in [0.15, 0.2) is 102 Å². The Kier molecular flexibility index (Phi) is 7.57. The van der Waals surface area contributed by atoms with Crippen LogP contribution in [0.1, 0.15) is 18.4 Å². The Hall–Kier alpha value is -4.07. The van der Waals surface area contributed by atoms with Gasteiger partial charge in [0.05, 0.1) is 11.1 Å². The summed E-state index contributed by atoms with van der Waals surface area (Å²) in [5.41, 5.74) is 3.65. The molecule has 0 unspecified atom stereocenters. The second-order valence-electron chi connectivity index (χ2n) is 10.1. The summed E-state index contributed by atoms with van der Waals surface area (Å²) in [5.74, 6) is -0.739. The molecule has 0 spiro atoms. The largest absolute Gasteiger partial charge is 0.439 e. The van der Waals surface area contributed by atoms with E-state index in [2.05, 4.69) is 0 Å². The Morgan fingerprint density at radius 2 is 1.65 bits per heavy atom. The molecule has 43 heavy (non-hydrogen) atoms. The average Bonchev–Trinajstić information content (AvgIpc) is 3.48. The quantitative estimate of drug-likeness (QED) is 0.152. The van der Waals surface area contributed by atoms with Crippen molar-refractivity contribution in [2.75, 3.05) is 10.8 Å². The van der Waals surface area contributed by atoms with Gasteiger partial charge in [-0.25, -0.2) is 0 Å². The van der Waals surface area contributed by atoms with Crippen molar-refractivity contribution < 1.29 is 35.2 Å². The van der Waals surface area contributed by atoms with E-state index < -0.39 is 32.0 Å². The summed E-state index contributed by atoms with van der Waals surface area (Å²) in [4.78, 5) is 1.39. The maximum absolute atomic E-state index is 12.1. The number of allylic oxidation sites excluding steroid dienone is 2. The molecule has 12 heteroatoms. The lowest BCUT2D eigenvalue weighted by molar-refractivity contribution is -0.648. The number of fused-ring (bicyclic) bond motifs is 4. The van der Waals surface area contributed by atoms with Crippen LogP contribution in [0.5, 0.6) is 5.75 Å². The zero-order valence-corrected chi connectivity index (χ0v) is 25.4. The second kappa shape index (κ2) is 11.2. The van der Waals surface area contributed by atoms with E-state index in [1.807, 2.05) is 85.8 Å². The lowest BCUT2D eigenvalue weighted by Gasteiger charge is -2.17. The zero-order valence-electron chi connectivity index (χ0n) is 22.9. The summed E-state index contributed by atoms with van der Waals surface area (Å²) in [6, 6.07) is 26.5. The van der Waals surface area contributed by atoms with Gasteiger partial charge < -0.3 is 4.74 Å². The topological polar surface area (TPSA) is 125 Å². The molecule has 0 fully saturated rings. The highest BCUT2D eigenvalue weighted by atomic mass is 32.2. The maximum atomic E-state index is 12.1. The summed E-state index contributed by atoms with van der Waals surface area (Å²) < 4.78 is 76.4. The molecule has 0 bridgehead atoms. The summed E-state index contributed by atoms with van der Waals surface area (Å²) in [7, 11) is -8.83. The van der Waals surface area contributed by atoms with Crippen molar-refractivity contribution in [3.8, 4) is 16.9 Å². The van der Waals surface area contributed by atoms with Crippen LogP contribution in [-0.2, 0) is 26.1 Å². The summed E-state index contributed by atoms with van der Waals surface area (Å²) in [6.45, 7) is 1.90. The fraction of sp³-hybridized carbons (Fsp3) is 0.129. The monoisotopic (exact) mass is 635 g/mol. The van der Waals surface area contributed by atoms with Crippen LogP contribution in [0, 0.1) is 0 Å². The third kappa shape index (κ3) is 6.19. The number of ether oxygens (including phenoxy) is 1. The molecule has 0 saturated carbocycles. The predicted octanol–water partition coefficient (Wildman–Crippen LogP) is 6.23. The van der Waals surface area contributed by atoms with Crippen LogP contribution in [-0.4, -0.2) is 31.8 Å². The Bertz CT molecular complexity index is 2150. The van der Waals surface area contributed by atoms with E-state index >= 15 is 0 Å². The van der Waals surface area contributed by atoms with Crippen LogP contribution in [0.2, 0.25) is 0 Å². The number of nitrogens with zero attached hydrogens (tertiary/aromatic N) is 2. The van der Waals surface area contributed by atoms with Gasteiger partial charge in [-0.1, -0.05) is 78.9 Å². The average molecular weight is 636 g/mol. The molecule has 0 saturated heterocycles. The van der Waals surface area contributed by atoms with E-state index in [0.29, 0.717) is 34.0 Å². The van der Waals surface area contributed by atoms with Gasteiger partial charge in [-0.05, 0) is 52.8 Å². The van der Waals surface area contributed by atoms with Crippen molar-refractivity contribution in [1.82, 2.24) is 0 Å². The van der Waals surface area contributed by atoms with Crippen LogP contribution >= 0.6 is 11.3 Å². The number of benzene rings is 4. The zero-order chi connectivity index (χ0) is 30.4. The van der Waals surface area contributed by atoms with Crippen molar-refractivity contribution in [3.05, 3.63) is 107 Å². The van der Waals surface area contributed by atoms with Gasteiger partial charge in [0.25, 0.3) is 21.0 Å². The molecule has 0 radical (unpaired) electrons. The normalized spacial score (nSPS) is 14.9. The first kappa shape index (κ1) is 29.0. The van der Waals surface area contributed by atoms with Crippen LogP contribution in [0.4, 0.5) is 5.69 Å². The Balaban J connectivity index is 1.47. The third-order valence-electron chi connectivity index (χ3n) is 7.06. The highest BCUT2D eigenvalue weighted by Gasteiger charge is 2.31. The Labute approximate surface area is 253 Å². The Morgan fingerprint density at radius 3 is 2.37 bits per heavy atom. The molecule has 1 aliphatic heterocycles. The molecule has 5 aromatic rings. The van der Waals surface area contributed by atoms with Gasteiger partial charge >= 0.3 is 10.1 Å². The van der Waals surface area contributed by atoms with Gasteiger partial charge in [0.15, 0.2) is 11.6 Å². The molecule has 2 N–H and O–H groups in total. The van der Waals surface area contributed by atoms with Gasteiger partial charge in [0.1, 0.15) is 4.70 Å². The molecule has 2 heterocycles. The molecule has 9 nitrogen and oxygen atoms in total. The van der Waals surface area contributed by atoms with Crippen LogP contribution < -0.4 is 14.2 Å². The smallest absolute Gasteiger partial charge is 0.326 e. The minimum atomic E-state index is -4.44. The molecular weight excluding hydrogens is 609 g/mol.